The van der Waals surface area contributed by atoms with Crippen LogP contribution in [-0.4, -0.2) is 4.98 Å². The Labute approximate surface area is 102 Å². The fourth-order valence-corrected chi connectivity index (χ4v) is 0.946. The van der Waals surface area contributed by atoms with Gasteiger partial charge in [-0.1, -0.05) is 30.9 Å². The molecule has 0 unspecified atom stereocenters. The molecular weight excluding hydrogens is 182 g/mol. The Morgan fingerprint density at radius 2 is 2.27 bits per heavy atom. The number of nitrogens with zero attached hydrogens (tertiary/aromatic N) is 1. The van der Waals surface area contributed by atoms with Gasteiger partial charge in [0.2, 0.25) is 0 Å². The van der Waals surface area contributed by atoms with Crippen LogP contribution in [0.5, 0.6) is 0 Å². The minimum absolute atomic E-state index is 0.0185. The average molecular weight is 206 g/mol. The van der Waals surface area contributed by atoms with E-state index in [1.807, 2.05) is 0 Å². The van der Waals surface area contributed by atoms with Crippen LogP contribution in [0.2, 0.25) is 0 Å². The van der Waals surface area contributed by atoms with E-state index in [9.17, 15) is 0 Å². The highest BCUT2D eigenvalue weighted by Gasteiger charge is 1.99. The molecule has 0 saturated carbocycles. The molecule has 0 bridgehead atoms. The van der Waals surface area contributed by atoms with Crippen molar-refractivity contribution >= 4 is 5.57 Å². The van der Waals surface area contributed by atoms with Crippen molar-refractivity contribution in [3.63, 3.8) is 0 Å². The monoisotopic (exact) mass is 206 g/mol. The summed E-state index contributed by atoms with van der Waals surface area (Å²) in [6.45, 7) is 4.09. The summed E-state index contributed by atoms with van der Waals surface area (Å²) in [7, 11) is 0. The molecule has 1 heteroatoms. The lowest BCUT2D eigenvalue weighted by atomic mass is 10.1. The molecule has 0 aliphatic heterocycles. The number of allylic oxidation sites excluding steroid dienone is 4. The predicted octanol–water partition coefficient (Wildman–Crippen LogP) is 3.84. The summed E-state index contributed by atoms with van der Waals surface area (Å²) in [5.74, 6) is 0. The molecule has 1 nitrogen and oxygen atoms in total. The zero-order valence-corrected chi connectivity index (χ0v) is 8.59. The van der Waals surface area contributed by atoms with Crippen LogP contribution in [-0.2, 0) is 0 Å². The second kappa shape index (κ2) is 4.74. The number of rotatable bonds is 3. The van der Waals surface area contributed by atoms with Crippen LogP contribution >= 0.6 is 0 Å². The topological polar surface area (TPSA) is 12.9 Å². The lowest BCUT2D eigenvalue weighted by Gasteiger charge is -2.03. The van der Waals surface area contributed by atoms with Gasteiger partial charge < -0.3 is 0 Å². The Morgan fingerprint density at radius 1 is 1.47 bits per heavy atom. The fraction of sp³-hybridized carbons (Fsp3) is 0.214. The Morgan fingerprint density at radius 3 is 2.93 bits per heavy atom. The van der Waals surface area contributed by atoms with Crippen LogP contribution in [0, 0.1) is 13.8 Å². The van der Waals surface area contributed by atoms with Crippen LogP contribution < -0.4 is 0 Å². The number of pyridine rings is 1. The van der Waals surface area contributed by atoms with E-state index in [0.29, 0.717) is 11.1 Å². The first-order valence-electron chi connectivity index (χ1n) is 7.89. The summed E-state index contributed by atoms with van der Waals surface area (Å²) in [4.78, 5) is 3.98. The standard InChI is InChI=1S/C14H17N/c1-10(2)6-7-11(3)14-8-12(4)13(5)9-15-14/h6-9H,1,3H2,2,4-5H3/i2D3,5D3,8D. The van der Waals surface area contributed by atoms with Crippen molar-refractivity contribution in [2.45, 2.75) is 20.6 Å². The molecule has 0 amide bonds. The Hall–Kier alpha value is -1.63. The fourth-order valence-electron chi connectivity index (χ4n) is 0.946. The summed E-state index contributed by atoms with van der Waals surface area (Å²) >= 11 is 0. The SMILES string of the molecule is [2H]c1c(C(=C)C=CC(=C)C([2H])([2H])[2H])ncc(C([2H])([2H])[2H])c1C. The van der Waals surface area contributed by atoms with Crippen molar-refractivity contribution in [3.05, 3.63) is 59.9 Å². The van der Waals surface area contributed by atoms with Crippen molar-refractivity contribution in [3.8, 4) is 0 Å². The van der Waals surface area contributed by atoms with Gasteiger partial charge in [0, 0.05) is 14.4 Å². The molecule has 1 aromatic rings. The van der Waals surface area contributed by atoms with Gasteiger partial charge in [0.15, 0.2) is 0 Å². The third kappa shape index (κ3) is 3.21. The van der Waals surface area contributed by atoms with Gasteiger partial charge in [0.1, 0.15) is 0 Å². The normalized spacial score (nSPS) is 19.1. The van der Waals surface area contributed by atoms with E-state index in [2.05, 4.69) is 18.1 Å². The first kappa shape index (κ1) is 4.93. The van der Waals surface area contributed by atoms with Crippen LogP contribution in [0.15, 0.2) is 43.1 Å². The maximum Gasteiger partial charge on any atom is 0.0698 e. The molecule has 1 heterocycles. The van der Waals surface area contributed by atoms with Gasteiger partial charge in [0.05, 0.1) is 7.06 Å². The van der Waals surface area contributed by atoms with Gasteiger partial charge in [-0.25, -0.2) is 0 Å². The highest BCUT2D eigenvalue weighted by molar-refractivity contribution is 5.70. The highest BCUT2D eigenvalue weighted by Crippen LogP contribution is 2.15. The van der Waals surface area contributed by atoms with Crippen molar-refractivity contribution < 1.29 is 9.60 Å². The Bertz CT molecular complexity index is 636. The molecule has 0 N–H and O–H groups in total. The second-order valence-electron chi connectivity index (χ2n) is 3.15. The molecule has 0 aliphatic rings. The van der Waals surface area contributed by atoms with E-state index < -0.39 is 13.7 Å². The molecule has 1 aromatic heterocycles. The molecule has 0 radical (unpaired) electrons. The summed E-state index contributed by atoms with van der Waals surface area (Å²) in [6.07, 6.45) is 3.90. The molecule has 0 spiro atoms. The second-order valence-corrected chi connectivity index (χ2v) is 3.15. The third-order valence-electron chi connectivity index (χ3n) is 1.82. The maximum absolute atomic E-state index is 8.01. The van der Waals surface area contributed by atoms with E-state index in [-0.39, 0.29) is 22.9 Å². The van der Waals surface area contributed by atoms with Crippen molar-refractivity contribution in [2.75, 3.05) is 0 Å². The summed E-state index contributed by atoms with van der Waals surface area (Å²) in [5.41, 5.74) is 0.783. The van der Waals surface area contributed by atoms with Crippen molar-refractivity contribution in [2.24, 2.45) is 0 Å². The molecule has 0 aromatic carbocycles. The predicted molar refractivity (Wildman–Crippen MR) is 66.7 cm³/mol. The first-order chi connectivity index (χ1) is 9.85. The molecule has 0 aliphatic carbocycles. The van der Waals surface area contributed by atoms with E-state index in [1.165, 1.54) is 25.3 Å². The molecule has 0 saturated heterocycles. The van der Waals surface area contributed by atoms with Gasteiger partial charge in [-0.15, -0.1) is 0 Å². The molecule has 1 rings (SSSR count). The number of aryl methyl sites for hydroxylation is 1. The Balaban J connectivity index is 3.14. The lowest BCUT2D eigenvalue weighted by molar-refractivity contribution is 1.19. The molecule has 0 fully saturated rings. The zero-order valence-electron chi connectivity index (χ0n) is 15.6. The van der Waals surface area contributed by atoms with Gasteiger partial charge in [-0.2, -0.15) is 0 Å². The number of hydrogen-bond acceptors (Lipinski definition) is 1. The summed E-state index contributed by atoms with van der Waals surface area (Å²) < 4.78 is 51.8. The quantitative estimate of drug-likeness (QED) is 0.685. The van der Waals surface area contributed by atoms with Crippen molar-refractivity contribution in [1.29, 1.82) is 0 Å². The van der Waals surface area contributed by atoms with E-state index >= 15 is 0 Å². The number of aromatic nitrogens is 1. The molecule has 0 atom stereocenters. The largest absolute Gasteiger partial charge is 0.256 e. The smallest absolute Gasteiger partial charge is 0.0698 e. The van der Waals surface area contributed by atoms with E-state index in [4.69, 9.17) is 9.60 Å². The van der Waals surface area contributed by atoms with Crippen molar-refractivity contribution in [1.82, 2.24) is 4.98 Å². The van der Waals surface area contributed by atoms with Crippen LogP contribution in [0.25, 0.3) is 5.57 Å². The van der Waals surface area contributed by atoms with E-state index in [0.717, 1.165) is 0 Å². The first-order valence-corrected chi connectivity index (χ1v) is 4.39. The van der Waals surface area contributed by atoms with Gasteiger partial charge >= 0.3 is 0 Å². The highest BCUT2D eigenvalue weighted by atomic mass is 14.7. The van der Waals surface area contributed by atoms with Gasteiger partial charge in [-0.3, -0.25) is 4.98 Å². The lowest BCUT2D eigenvalue weighted by Crippen LogP contribution is -1.90. The molecule has 15 heavy (non-hydrogen) atoms. The molecular formula is C14H17N. The average Bonchev–Trinajstić information content (AvgIpc) is 2.35. The van der Waals surface area contributed by atoms with Gasteiger partial charge in [0.25, 0.3) is 0 Å². The molecule has 78 valence electrons. The van der Waals surface area contributed by atoms with E-state index in [1.54, 1.807) is 0 Å². The van der Waals surface area contributed by atoms with Crippen LogP contribution in [0.1, 0.15) is 33.3 Å². The third-order valence-corrected chi connectivity index (χ3v) is 1.82. The Kier molecular flexibility index (Phi) is 1.56. The maximum atomic E-state index is 8.01. The van der Waals surface area contributed by atoms with Crippen LogP contribution in [0.4, 0.5) is 0 Å². The summed E-state index contributed by atoms with van der Waals surface area (Å²) in [6, 6.07) is -0.0391. The minimum Gasteiger partial charge on any atom is -0.256 e. The number of hydrogen-bond donors (Lipinski definition) is 0. The summed E-state index contributed by atoms with van der Waals surface area (Å²) in [5, 5.41) is 0. The van der Waals surface area contributed by atoms with Gasteiger partial charge in [-0.05, 0) is 43.4 Å². The minimum atomic E-state index is -2.34. The van der Waals surface area contributed by atoms with Crippen LogP contribution in [0.3, 0.4) is 0 Å². The zero-order chi connectivity index (χ0) is 17.3.